The maximum absolute atomic E-state index is 11.4. The van der Waals surface area contributed by atoms with Crippen molar-refractivity contribution in [2.75, 3.05) is 63.4 Å². The van der Waals surface area contributed by atoms with Gasteiger partial charge in [-0.2, -0.15) is 0 Å². The average molecular weight is 1530 g/mol. The number of hydrogen-bond acceptors (Lipinski definition) is 24. The van der Waals surface area contributed by atoms with E-state index in [9.17, 15) is 33.9 Å². The van der Waals surface area contributed by atoms with Gasteiger partial charge in [0.05, 0.1) is 92.8 Å². The lowest BCUT2D eigenvalue weighted by molar-refractivity contribution is -0.146. The van der Waals surface area contributed by atoms with Gasteiger partial charge >= 0.3 is 35.1 Å². The first-order valence-corrected chi connectivity index (χ1v) is 35.6. The Morgan fingerprint density at radius 3 is 1.26 bits per heavy atom. The standard InChI is InChI=1S/C16H16O5.C15H16O5.C15H14O5.C14H16O3.C14H14O3.C14H12O3/c1-19-14-8-13(21-16(18)9-14)6-4-11-3-5-12(10-17)15(7-11)20-2;2*1-17-12-7-11(20-15(16)8-12)4-2-10-3-5-13-14(6-10)19-9-18-13;3*1-16-13-9-12(17-14(15)10-13)8-7-11-5-3-2-4-6-11/h3-9,17H,10H2,1-2H3;3,5-6,8,11H,2,4,7,9H2,1H3;2-6,8,11H,7,9H2,1H3;2-6,10,12H,7-9H2,1H3;2-8,10,12H,9H2,1H3;2-10H,1H3/b6-4+;;4-2+;;2*8-7+. The van der Waals surface area contributed by atoms with Gasteiger partial charge in [0, 0.05) is 43.4 Å². The van der Waals surface area contributed by atoms with Gasteiger partial charge < -0.3 is 85.0 Å². The summed E-state index contributed by atoms with van der Waals surface area (Å²) in [7, 11) is 10.8. The van der Waals surface area contributed by atoms with E-state index < -0.39 is 11.3 Å². The van der Waals surface area contributed by atoms with Crippen LogP contribution < -0.4 is 44.4 Å². The fourth-order valence-electron chi connectivity index (χ4n) is 11.3. The van der Waals surface area contributed by atoms with Crippen molar-refractivity contribution in [2.24, 2.45) is 0 Å². The Balaban J connectivity index is 0.000000155. The molecule has 0 radical (unpaired) electrons. The van der Waals surface area contributed by atoms with E-state index >= 15 is 0 Å². The number of esters is 4. The Bertz CT molecular complexity index is 4810. The van der Waals surface area contributed by atoms with Crippen molar-refractivity contribution in [3.63, 3.8) is 0 Å². The monoisotopic (exact) mass is 1530 g/mol. The molecule has 6 aliphatic heterocycles. The summed E-state index contributed by atoms with van der Waals surface area (Å²) in [5.41, 5.74) is 6.15. The molecule has 4 atom stereocenters. The number of ether oxygens (including phenoxy) is 15. The number of fused-ring (bicyclic) bond motifs is 2. The first kappa shape index (κ1) is 82.8. The van der Waals surface area contributed by atoms with E-state index in [0.29, 0.717) is 83.1 Å². The summed E-state index contributed by atoms with van der Waals surface area (Å²) in [4.78, 5) is 67.8. The molecule has 0 saturated heterocycles. The smallest absolute Gasteiger partial charge is 0.339 e. The van der Waals surface area contributed by atoms with E-state index in [-0.39, 0.29) is 68.5 Å². The second kappa shape index (κ2) is 43.7. The largest absolute Gasteiger partial charge is 0.501 e. The second-order valence-corrected chi connectivity index (χ2v) is 24.9. The van der Waals surface area contributed by atoms with Crippen LogP contribution in [0.2, 0.25) is 0 Å². The second-order valence-electron chi connectivity index (χ2n) is 24.9. The van der Waals surface area contributed by atoms with E-state index in [1.54, 1.807) is 78.0 Å². The molecule has 24 nitrogen and oxygen atoms in total. The normalized spacial score (nSPS) is 17.0. The van der Waals surface area contributed by atoms with Crippen LogP contribution in [0.15, 0.2) is 248 Å². The van der Waals surface area contributed by atoms with Crippen molar-refractivity contribution in [2.45, 2.75) is 82.4 Å². The molecule has 6 aliphatic rings. The minimum absolute atomic E-state index is 0.0670. The molecule has 584 valence electrons. The van der Waals surface area contributed by atoms with Crippen molar-refractivity contribution < 1.29 is 104 Å². The SMILES string of the molecule is COC1=CC(=O)OC(/C=C/c2ccc3c(c2)OCO3)C1.COC1=CC(=O)OC(/C=C/c2ccccc2)C1.COC1=CC(=O)OC(CCc2ccc3c(c2)OCO3)C1.COC1=CC(=O)OC(CCc2ccccc2)C1.COc1cc(/C=C/c2ccc(CO)c(OC)c2)oc(=O)c1.COc1cc(/C=C/c2ccccc2)oc(=O)c1. The minimum atomic E-state index is -0.470. The van der Waals surface area contributed by atoms with Gasteiger partial charge in [0.15, 0.2) is 23.0 Å². The molecule has 1 N–H and O–H groups in total. The third kappa shape index (κ3) is 27.5. The molecule has 0 saturated carbocycles. The van der Waals surface area contributed by atoms with E-state index in [0.717, 1.165) is 76.5 Å². The quantitative estimate of drug-likeness (QED) is 0.0487. The third-order valence-electron chi connectivity index (χ3n) is 17.1. The van der Waals surface area contributed by atoms with Gasteiger partial charge in [-0.3, -0.25) is 0 Å². The molecule has 24 heteroatoms. The molecule has 8 heterocycles. The summed E-state index contributed by atoms with van der Waals surface area (Å²) in [6, 6.07) is 52.7. The predicted molar refractivity (Wildman–Crippen MR) is 417 cm³/mol. The first-order valence-electron chi connectivity index (χ1n) is 35.6. The molecule has 0 bridgehead atoms. The van der Waals surface area contributed by atoms with Gasteiger partial charge in [0.1, 0.15) is 76.2 Å². The van der Waals surface area contributed by atoms with Crippen LogP contribution in [0, 0.1) is 0 Å². The lowest BCUT2D eigenvalue weighted by Gasteiger charge is -2.22. The molecule has 0 spiro atoms. The van der Waals surface area contributed by atoms with Crippen LogP contribution in [-0.4, -0.2) is 117 Å². The summed E-state index contributed by atoms with van der Waals surface area (Å²) in [6.07, 6.45) is 25.1. The van der Waals surface area contributed by atoms with Crippen molar-refractivity contribution in [3.8, 4) is 40.2 Å². The van der Waals surface area contributed by atoms with Crippen molar-refractivity contribution >= 4 is 60.3 Å². The molecule has 0 aliphatic carbocycles. The maximum Gasteiger partial charge on any atom is 0.339 e. The molecule has 0 fully saturated rings. The van der Waals surface area contributed by atoms with Gasteiger partial charge in [-0.05, 0) is 114 Å². The highest BCUT2D eigenvalue weighted by atomic mass is 16.7. The molecule has 14 rings (SSSR count). The summed E-state index contributed by atoms with van der Waals surface area (Å²) in [5, 5.41) is 9.17. The van der Waals surface area contributed by atoms with Crippen molar-refractivity contribution in [3.05, 3.63) is 301 Å². The zero-order valence-electron chi connectivity index (χ0n) is 63.0. The number of aliphatic hydroxyl groups is 1. The Morgan fingerprint density at radius 2 is 0.777 bits per heavy atom. The summed E-state index contributed by atoms with van der Waals surface area (Å²) >= 11 is 0. The van der Waals surface area contributed by atoms with Gasteiger partial charge in [0.25, 0.3) is 0 Å². The number of aliphatic hydroxyl groups excluding tert-OH is 1. The molecule has 112 heavy (non-hydrogen) atoms. The lowest BCUT2D eigenvalue weighted by atomic mass is 10.0. The number of methoxy groups -OCH3 is 7. The topological polar surface area (TPSA) is 287 Å². The molecule has 8 aromatic rings. The Labute approximate surface area is 648 Å². The molecule has 4 unspecified atom stereocenters. The third-order valence-corrected chi connectivity index (χ3v) is 17.1. The van der Waals surface area contributed by atoms with Crippen LogP contribution in [-0.2, 0) is 76.5 Å². The van der Waals surface area contributed by atoms with E-state index in [4.69, 9.17) is 79.9 Å². The fourth-order valence-corrected chi connectivity index (χ4v) is 11.3. The van der Waals surface area contributed by atoms with Crippen LogP contribution in [0.1, 0.15) is 89.0 Å². The van der Waals surface area contributed by atoms with Crippen molar-refractivity contribution in [1.29, 1.82) is 0 Å². The van der Waals surface area contributed by atoms with E-state index in [1.807, 2.05) is 152 Å². The predicted octanol–water partition coefficient (Wildman–Crippen LogP) is 14.6. The highest BCUT2D eigenvalue weighted by Crippen LogP contribution is 2.35. The van der Waals surface area contributed by atoms with Gasteiger partial charge in [-0.1, -0.05) is 140 Å². The summed E-state index contributed by atoms with van der Waals surface area (Å²) in [6.45, 7) is 0.448. The highest BCUT2D eigenvalue weighted by Gasteiger charge is 2.26. The zero-order valence-corrected chi connectivity index (χ0v) is 63.0. The molecule has 2 aromatic heterocycles. The van der Waals surface area contributed by atoms with Crippen LogP contribution in [0.5, 0.6) is 40.2 Å². The van der Waals surface area contributed by atoms with E-state index in [2.05, 4.69) is 12.1 Å². The number of hydrogen-bond donors (Lipinski definition) is 1. The van der Waals surface area contributed by atoms with Crippen LogP contribution >= 0.6 is 0 Å². The molecule has 0 amide bonds. The number of cyclic esters (lactones) is 4. The molecular weight excluding hydrogens is 1440 g/mol. The fraction of sp³-hybridized carbons (Fsp3) is 0.250. The number of carbonyl (C=O) groups excluding carboxylic acids is 4. The number of carbonyl (C=O) groups is 4. The maximum atomic E-state index is 11.4. The average Bonchev–Trinajstić information content (AvgIpc) is 1.72. The first-order chi connectivity index (χ1) is 54.5. The van der Waals surface area contributed by atoms with Crippen molar-refractivity contribution in [1.82, 2.24) is 0 Å². The summed E-state index contributed by atoms with van der Waals surface area (Å²) in [5.74, 6) is 6.74. The van der Waals surface area contributed by atoms with E-state index in [1.165, 1.54) is 56.2 Å². The molecule has 6 aromatic carbocycles. The van der Waals surface area contributed by atoms with Crippen LogP contribution in [0.4, 0.5) is 0 Å². The van der Waals surface area contributed by atoms with Gasteiger partial charge in [-0.15, -0.1) is 0 Å². The van der Waals surface area contributed by atoms with Crippen LogP contribution in [0.25, 0.3) is 36.5 Å². The Morgan fingerprint density at radius 1 is 0.366 bits per heavy atom. The van der Waals surface area contributed by atoms with Crippen LogP contribution in [0.3, 0.4) is 0 Å². The Kier molecular flexibility index (Phi) is 32.3. The van der Waals surface area contributed by atoms with Gasteiger partial charge in [0.2, 0.25) is 13.6 Å². The lowest BCUT2D eigenvalue weighted by Crippen LogP contribution is -2.23. The number of rotatable bonds is 22. The number of benzene rings is 6. The highest BCUT2D eigenvalue weighted by molar-refractivity contribution is 5.85. The molecular formula is C88H88O24. The Hall–Kier alpha value is -13.2. The minimum Gasteiger partial charge on any atom is -0.501 e. The summed E-state index contributed by atoms with van der Waals surface area (Å²) < 4.78 is 87.7. The zero-order chi connectivity index (χ0) is 79.4. The number of aryl methyl sites for hydroxylation is 2. The van der Waals surface area contributed by atoms with Gasteiger partial charge in [-0.25, -0.2) is 28.8 Å².